The van der Waals surface area contributed by atoms with E-state index in [1.807, 2.05) is 0 Å². The molecule has 9 heteroatoms. The lowest BCUT2D eigenvalue weighted by Crippen LogP contribution is -2.20. The predicted molar refractivity (Wildman–Crippen MR) is 66.8 cm³/mol. The first kappa shape index (κ1) is 13.0. The zero-order valence-corrected chi connectivity index (χ0v) is 10.2. The Morgan fingerprint density at radius 1 is 1.53 bits per heavy atom. The van der Waals surface area contributed by atoms with Crippen LogP contribution in [0.15, 0.2) is 30.6 Å². The Labute approximate surface area is 112 Å². The summed E-state index contributed by atoms with van der Waals surface area (Å²) in [4.78, 5) is 25.6. The molecule has 0 unspecified atom stereocenters. The summed E-state index contributed by atoms with van der Waals surface area (Å²) in [6.07, 6.45) is 3.12. The Morgan fingerprint density at radius 3 is 2.95 bits per heavy atom. The largest absolute Gasteiger partial charge is 0.311 e. The monoisotopic (exact) mass is 281 g/mol. The van der Waals surface area contributed by atoms with Crippen LogP contribution < -0.4 is 5.32 Å². The number of anilines is 1. The van der Waals surface area contributed by atoms with E-state index in [9.17, 15) is 14.9 Å². The number of aromatic nitrogens is 3. The van der Waals surface area contributed by atoms with E-state index >= 15 is 0 Å². The minimum atomic E-state index is -0.646. The van der Waals surface area contributed by atoms with Crippen LogP contribution in [0.1, 0.15) is 0 Å². The molecule has 0 aliphatic carbocycles. The van der Waals surface area contributed by atoms with Crippen molar-refractivity contribution < 1.29 is 9.72 Å². The number of carbonyl (C=O) groups is 1. The molecule has 0 aliphatic heterocycles. The Morgan fingerprint density at radius 2 is 2.32 bits per heavy atom. The Kier molecular flexibility index (Phi) is 3.71. The first-order chi connectivity index (χ1) is 9.06. The number of amides is 1. The van der Waals surface area contributed by atoms with E-state index < -0.39 is 10.8 Å². The standard InChI is InChI=1S/C10H8ClN5O3/c11-8-3-2-7(16(18)19)10(13-8)14-9(17)6-15-5-1-4-12-15/h1-5H,6H2,(H,13,14,17). The zero-order chi connectivity index (χ0) is 13.8. The fourth-order valence-corrected chi connectivity index (χ4v) is 1.53. The second kappa shape index (κ2) is 5.44. The van der Waals surface area contributed by atoms with Gasteiger partial charge in [-0.2, -0.15) is 5.10 Å². The molecule has 98 valence electrons. The number of nitrogens with one attached hydrogen (secondary N) is 1. The maximum Gasteiger partial charge on any atom is 0.311 e. The molecule has 0 saturated carbocycles. The molecule has 0 fully saturated rings. The first-order valence-corrected chi connectivity index (χ1v) is 5.52. The minimum absolute atomic E-state index is 0.0555. The SMILES string of the molecule is O=C(Cn1cccn1)Nc1nc(Cl)ccc1[N+](=O)[O-]. The van der Waals surface area contributed by atoms with Crippen molar-refractivity contribution in [2.45, 2.75) is 6.54 Å². The molecule has 2 aromatic heterocycles. The van der Waals surface area contributed by atoms with Crippen LogP contribution in [0, 0.1) is 10.1 Å². The van der Waals surface area contributed by atoms with E-state index in [4.69, 9.17) is 11.6 Å². The van der Waals surface area contributed by atoms with Gasteiger partial charge in [0.05, 0.1) is 4.92 Å². The van der Waals surface area contributed by atoms with Crippen molar-refractivity contribution >= 4 is 29.0 Å². The molecule has 8 nitrogen and oxygen atoms in total. The van der Waals surface area contributed by atoms with Crippen molar-refractivity contribution in [1.82, 2.24) is 14.8 Å². The summed E-state index contributed by atoms with van der Waals surface area (Å²) in [6.45, 7) is -0.0711. The van der Waals surface area contributed by atoms with E-state index in [0.717, 1.165) is 0 Å². The second-order valence-electron chi connectivity index (χ2n) is 3.51. The van der Waals surface area contributed by atoms with E-state index in [-0.39, 0.29) is 23.2 Å². The quantitative estimate of drug-likeness (QED) is 0.519. The average molecular weight is 282 g/mol. The van der Waals surface area contributed by atoms with Crippen LogP contribution in [0.5, 0.6) is 0 Å². The topological polar surface area (TPSA) is 103 Å². The van der Waals surface area contributed by atoms with E-state index in [2.05, 4.69) is 15.4 Å². The van der Waals surface area contributed by atoms with Gasteiger partial charge in [0.25, 0.3) is 0 Å². The Hall–Kier alpha value is -2.48. The van der Waals surface area contributed by atoms with Gasteiger partial charge in [-0.25, -0.2) is 4.98 Å². The van der Waals surface area contributed by atoms with Crippen molar-refractivity contribution in [2.75, 3.05) is 5.32 Å². The van der Waals surface area contributed by atoms with Gasteiger partial charge >= 0.3 is 5.69 Å². The van der Waals surface area contributed by atoms with Gasteiger partial charge < -0.3 is 5.32 Å². The third-order valence-electron chi connectivity index (χ3n) is 2.16. The number of halogens is 1. The van der Waals surface area contributed by atoms with Crippen LogP contribution >= 0.6 is 11.6 Å². The summed E-state index contributed by atoms with van der Waals surface area (Å²) in [6, 6.07) is 4.12. The lowest BCUT2D eigenvalue weighted by atomic mass is 10.4. The molecule has 0 aliphatic rings. The van der Waals surface area contributed by atoms with Crippen molar-refractivity contribution in [3.8, 4) is 0 Å². The number of nitrogens with zero attached hydrogens (tertiary/aromatic N) is 4. The minimum Gasteiger partial charge on any atom is -0.303 e. The molecule has 0 saturated heterocycles. The molecule has 0 spiro atoms. The summed E-state index contributed by atoms with van der Waals surface area (Å²) in [5.41, 5.74) is -0.321. The summed E-state index contributed by atoms with van der Waals surface area (Å²) in [5.74, 6) is -0.670. The molecule has 0 radical (unpaired) electrons. The van der Waals surface area contributed by atoms with Crippen LogP contribution in [0.25, 0.3) is 0 Å². The zero-order valence-electron chi connectivity index (χ0n) is 9.49. The molecule has 19 heavy (non-hydrogen) atoms. The van der Waals surface area contributed by atoms with Crippen LogP contribution in [0.4, 0.5) is 11.5 Å². The van der Waals surface area contributed by atoms with Gasteiger partial charge in [0.1, 0.15) is 11.7 Å². The molecule has 2 rings (SSSR count). The van der Waals surface area contributed by atoms with E-state index in [1.165, 1.54) is 23.0 Å². The molecule has 1 N–H and O–H groups in total. The summed E-state index contributed by atoms with van der Waals surface area (Å²) in [7, 11) is 0. The number of nitro groups is 1. The highest BCUT2D eigenvalue weighted by Crippen LogP contribution is 2.23. The highest BCUT2D eigenvalue weighted by atomic mass is 35.5. The third-order valence-corrected chi connectivity index (χ3v) is 2.37. The normalized spacial score (nSPS) is 10.2. The second-order valence-corrected chi connectivity index (χ2v) is 3.90. The Balaban J connectivity index is 2.16. The third kappa shape index (κ3) is 3.26. The van der Waals surface area contributed by atoms with Crippen molar-refractivity contribution in [1.29, 1.82) is 0 Å². The fraction of sp³-hybridized carbons (Fsp3) is 0.100. The van der Waals surface area contributed by atoms with E-state index in [1.54, 1.807) is 12.3 Å². The maximum absolute atomic E-state index is 11.7. The smallest absolute Gasteiger partial charge is 0.303 e. The molecule has 0 atom stereocenters. The average Bonchev–Trinajstić information content (AvgIpc) is 2.81. The van der Waals surface area contributed by atoms with Crippen LogP contribution in [-0.2, 0) is 11.3 Å². The highest BCUT2D eigenvalue weighted by molar-refractivity contribution is 6.29. The predicted octanol–water partition coefficient (Wildman–Crippen LogP) is 1.48. The van der Waals surface area contributed by atoms with Gasteiger partial charge in [0, 0.05) is 18.5 Å². The Bertz CT molecular complexity index is 614. The van der Waals surface area contributed by atoms with Gasteiger partial charge in [-0.1, -0.05) is 11.6 Å². The van der Waals surface area contributed by atoms with Gasteiger partial charge in [0.2, 0.25) is 11.7 Å². The fourth-order valence-electron chi connectivity index (χ4n) is 1.38. The summed E-state index contributed by atoms with van der Waals surface area (Å²) in [5, 5.41) is 17.0. The highest BCUT2D eigenvalue weighted by Gasteiger charge is 2.18. The number of hydrogen-bond donors (Lipinski definition) is 1. The molecule has 2 heterocycles. The summed E-state index contributed by atoms with van der Waals surface area (Å²) >= 11 is 5.65. The van der Waals surface area contributed by atoms with E-state index in [0.29, 0.717) is 0 Å². The van der Waals surface area contributed by atoms with Crippen molar-refractivity contribution in [2.24, 2.45) is 0 Å². The molecular weight excluding hydrogens is 274 g/mol. The maximum atomic E-state index is 11.7. The lowest BCUT2D eigenvalue weighted by molar-refractivity contribution is -0.384. The van der Waals surface area contributed by atoms with Gasteiger partial charge in [-0.05, 0) is 12.1 Å². The molecule has 0 bridgehead atoms. The van der Waals surface area contributed by atoms with Crippen LogP contribution in [0.2, 0.25) is 5.15 Å². The van der Waals surface area contributed by atoms with Crippen molar-refractivity contribution in [3.63, 3.8) is 0 Å². The molecule has 0 aromatic carbocycles. The number of pyridine rings is 1. The number of hydrogen-bond acceptors (Lipinski definition) is 5. The lowest BCUT2D eigenvalue weighted by Gasteiger charge is -2.05. The van der Waals surface area contributed by atoms with Crippen LogP contribution in [0.3, 0.4) is 0 Å². The summed E-state index contributed by atoms with van der Waals surface area (Å²) < 4.78 is 1.38. The molecular formula is C10H8ClN5O3. The van der Waals surface area contributed by atoms with Gasteiger partial charge in [-0.15, -0.1) is 0 Å². The van der Waals surface area contributed by atoms with Crippen molar-refractivity contribution in [3.05, 3.63) is 45.9 Å². The number of rotatable bonds is 4. The van der Waals surface area contributed by atoms with Crippen LogP contribution in [-0.4, -0.2) is 25.6 Å². The van der Waals surface area contributed by atoms with Gasteiger partial charge in [-0.3, -0.25) is 19.6 Å². The molecule has 1 amide bonds. The molecule has 2 aromatic rings. The number of carbonyl (C=O) groups excluding carboxylic acids is 1. The van der Waals surface area contributed by atoms with Gasteiger partial charge in [0.15, 0.2) is 0 Å². The first-order valence-electron chi connectivity index (χ1n) is 5.14.